The minimum atomic E-state index is 0.232. The van der Waals surface area contributed by atoms with Gasteiger partial charge >= 0.3 is 0 Å². The van der Waals surface area contributed by atoms with E-state index in [1.54, 1.807) is 11.3 Å². The number of nitrogens with zero attached hydrogens (tertiary/aromatic N) is 3. The number of likely N-dealkylation sites (tertiary alicyclic amines) is 1. The summed E-state index contributed by atoms with van der Waals surface area (Å²) in [4.78, 5) is 22.4. The fourth-order valence-electron chi connectivity index (χ4n) is 3.76. The lowest BCUT2D eigenvalue weighted by molar-refractivity contribution is -0.142. The number of rotatable bonds is 4. The Hall–Kier alpha value is -1.76. The number of hydrogen-bond donors (Lipinski definition) is 0. The Morgan fingerprint density at radius 2 is 2.16 bits per heavy atom. The summed E-state index contributed by atoms with van der Waals surface area (Å²) in [7, 11) is 0. The highest BCUT2D eigenvalue weighted by Crippen LogP contribution is 2.25. The standard InChI is InChI=1S/C19H23N3O2S/c23-19(12-16-2-1-11-25-16)22-8-5-18-17(14-22)21(9-10-24-18)13-15-3-6-20-7-4-15/h1-4,6-7,11,17-18H,5,8-10,12-14H2/t17-,18-/m1/s1. The number of ether oxygens (including phenoxy) is 1. The molecule has 4 rings (SSSR count). The van der Waals surface area contributed by atoms with E-state index in [-0.39, 0.29) is 18.1 Å². The second-order valence-electron chi connectivity index (χ2n) is 6.69. The molecule has 0 radical (unpaired) electrons. The van der Waals surface area contributed by atoms with Crippen molar-refractivity contribution >= 4 is 17.2 Å². The third kappa shape index (κ3) is 3.92. The Morgan fingerprint density at radius 1 is 1.28 bits per heavy atom. The van der Waals surface area contributed by atoms with Crippen LogP contribution in [0, 0.1) is 0 Å². The number of fused-ring (bicyclic) bond motifs is 1. The SMILES string of the molecule is O=C(Cc1cccs1)N1CC[C@H]2OCCN(Cc3ccncc3)[C@@H]2C1. The van der Waals surface area contributed by atoms with Crippen LogP contribution in [0.15, 0.2) is 42.0 Å². The summed E-state index contributed by atoms with van der Waals surface area (Å²) in [5.74, 6) is 0.232. The van der Waals surface area contributed by atoms with Gasteiger partial charge in [0.25, 0.3) is 0 Å². The molecular formula is C19H23N3O2S. The van der Waals surface area contributed by atoms with E-state index in [4.69, 9.17) is 4.74 Å². The van der Waals surface area contributed by atoms with Crippen molar-refractivity contribution in [2.75, 3.05) is 26.2 Å². The maximum Gasteiger partial charge on any atom is 0.227 e. The van der Waals surface area contributed by atoms with Crippen LogP contribution in [0.4, 0.5) is 0 Å². The van der Waals surface area contributed by atoms with Gasteiger partial charge in [0.05, 0.1) is 25.2 Å². The fraction of sp³-hybridized carbons (Fsp3) is 0.474. The molecule has 0 saturated carbocycles. The zero-order valence-electron chi connectivity index (χ0n) is 14.2. The molecule has 0 N–H and O–H groups in total. The van der Waals surface area contributed by atoms with Crippen LogP contribution in [0.1, 0.15) is 16.9 Å². The summed E-state index contributed by atoms with van der Waals surface area (Å²) < 4.78 is 5.99. The van der Waals surface area contributed by atoms with Crippen LogP contribution in [0.25, 0.3) is 0 Å². The van der Waals surface area contributed by atoms with Gasteiger partial charge in [0.1, 0.15) is 0 Å². The van der Waals surface area contributed by atoms with E-state index >= 15 is 0 Å². The molecule has 6 heteroatoms. The minimum Gasteiger partial charge on any atom is -0.375 e. The molecule has 0 aliphatic carbocycles. The van der Waals surface area contributed by atoms with Crippen molar-refractivity contribution in [1.82, 2.24) is 14.8 Å². The van der Waals surface area contributed by atoms with Gasteiger partial charge in [-0.2, -0.15) is 0 Å². The number of carbonyl (C=O) groups excluding carboxylic acids is 1. The first-order valence-corrected chi connectivity index (χ1v) is 9.72. The molecule has 4 heterocycles. The molecule has 0 unspecified atom stereocenters. The predicted molar refractivity (Wildman–Crippen MR) is 97.4 cm³/mol. The number of thiophene rings is 1. The van der Waals surface area contributed by atoms with Crippen molar-refractivity contribution in [3.8, 4) is 0 Å². The second-order valence-corrected chi connectivity index (χ2v) is 7.72. The van der Waals surface area contributed by atoms with Gasteiger partial charge in [-0.25, -0.2) is 0 Å². The summed E-state index contributed by atoms with van der Waals surface area (Å²) >= 11 is 1.65. The highest BCUT2D eigenvalue weighted by atomic mass is 32.1. The fourth-order valence-corrected chi connectivity index (χ4v) is 4.46. The van der Waals surface area contributed by atoms with Gasteiger partial charge in [-0.05, 0) is 35.6 Å². The zero-order chi connectivity index (χ0) is 17.1. The summed E-state index contributed by atoms with van der Waals surface area (Å²) in [5.41, 5.74) is 1.26. The summed E-state index contributed by atoms with van der Waals surface area (Å²) in [6.07, 6.45) is 5.35. The average molecular weight is 357 g/mol. The van der Waals surface area contributed by atoms with Crippen molar-refractivity contribution in [2.45, 2.75) is 31.5 Å². The Morgan fingerprint density at radius 3 is 2.96 bits per heavy atom. The number of carbonyl (C=O) groups is 1. The molecule has 2 aromatic rings. The monoisotopic (exact) mass is 357 g/mol. The molecule has 2 aliphatic rings. The van der Waals surface area contributed by atoms with Crippen molar-refractivity contribution in [2.24, 2.45) is 0 Å². The molecule has 1 amide bonds. The quantitative estimate of drug-likeness (QED) is 0.841. The van der Waals surface area contributed by atoms with Gasteiger partial charge in [0.2, 0.25) is 5.91 Å². The van der Waals surface area contributed by atoms with Gasteiger partial charge in [-0.1, -0.05) is 6.07 Å². The minimum absolute atomic E-state index is 0.232. The highest BCUT2D eigenvalue weighted by Gasteiger charge is 2.38. The molecule has 2 aliphatic heterocycles. The molecular weight excluding hydrogens is 334 g/mol. The molecule has 2 atom stereocenters. The van der Waals surface area contributed by atoms with Crippen LogP contribution in [-0.2, 0) is 22.5 Å². The third-order valence-electron chi connectivity index (χ3n) is 5.09. The Balaban J connectivity index is 1.42. The number of morpholine rings is 1. The number of aromatic nitrogens is 1. The molecule has 0 bridgehead atoms. The van der Waals surface area contributed by atoms with Crippen LogP contribution in [0.3, 0.4) is 0 Å². The number of pyridine rings is 1. The van der Waals surface area contributed by atoms with Crippen molar-refractivity contribution < 1.29 is 9.53 Å². The Labute approximate surface area is 152 Å². The maximum absolute atomic E-state index is 12.7. The van der Waals surface area contributed by atoms with Crippen LogP contribution in [0.5, 0.6) is 0 Å². The predicted octanol–water partition coefficient (Wildman–Crippen LogP) is 2.19. The number of hydrogen-bond acceptors (Lipinski definition) is 5. The van der Waals surface area contributed by atoms with Crippen LogP contribution in [-0.4, -0.2) is 59.1 Å². The molecule has 2 aromatic heterocycles. The van der Waals surface area contributed by atoms with Crippen LogP contribution < -0.4 is 0 Å². The molecule has 0 spiro atoms. The van der Waals surface area contributed by atoms with Gasteiger partial charge in [-0.3, -0.25) is 14.7 Å². The lowest BCUT2D eigenvalue weighted by Crippen LogP contribution is -2.60. The summed E-state index contributed by atoms with van der Waals surface area (Å²) in [5, 5.41) is 2.03. The first-order valence-electron chi connectivity index (χ1n) is 8.84. The van der Waals surface area contributed by atoms with E-state index in [9.17, 15) is 4.79 Å². The van der Waals surface area contributed by atoms with Gasteiger partial charge < -0.3 is 9.64 Å². The normalized spacial score (nSPS) is 24.1. The smallest absolute Gasteiger partial charge is 0.227 e. The zero-order valence-corrected chi connectivity index (χ0v) is 15.0. The highest BCUT2D eigenvalue weighted by molar-refractivity contribution is 7.10. The average Bonchev–Trinajstić information content (AvgIpc) is 3.15. The van der Waals surface area contributed by atoms with Gasteiger partial charge in [-0.15, -0.1) is 11.3 Å². The van der Waals surface area contributed by atoms with Crippen molar-refractivity contribution in [3.63, 3.8) is 0 Å². The topological polar surface area (TPSA) is 45.7 Å². The van der Waals surface area contributed by atoms with Crippen molar-refractivity contribution in [1.29, 1.82) is 0 Å². The first-order chi connectivity index (χ1) is 12.3. The molecule has 5 nitrogen and oxygen atoms in total. The number of piperidine rings is 1. The Bertz CT molecular complexity index is 692. The van der Waals surface area contributed by atoms with Crippen molar-refractivity contribution in [3.05, 3.63) is 52.5 Å². The van der Waals surface area contributed by atoms with Gasteiger partial charge in [0, 0.05) is 43.4 Å². The van der Waals surface area contributed by atoms with E-state index in [2.05, 4.69) is 22.0 Å². The summed E-state index contributed by atoms with van der Waals surface area (Å²) in [6, 6.07) is 8.45. The van der Waals surface area contributed by atoms with E-state index in [0.29, 0.717) is 6.42 Å². The van der Waals surface area contributed by atoms with Crippen LogP contribution in [0.2, 0.25) is 0 Å². The molecule has 2 fully saturated rings. The summed E-state index contributed by atoms with van der Waals surface area (Å²) in [6.45, 7) is 4.14. The Kier molecular flexibility index (Phi) is 5.10. The lowest BCUT2D eigenvalue weighted by atomic mass is 9.97. The van der Waals surface area contributed by atoms with E-state index in [1.807, 2.05) is 34.8 Å². The lowest BCUT2D eigenvalue weighted by Gasteiger charge is -2.47. The van der Waals surface area contributed by atoms with E-state index in [0.717, 1.165) is 44.1 Å². The largest absolute Gasteiger partial charge is 0.375 e. The van der Waals surface area contributed by atoms with E-state index < -0.39 is 0 Å². The van der Waals surface area contributed by atoms with E-state index in [1.165, 1.54) is 5.56 Å². The maximum atomic E-state index is 12.7. The third-order valence-corrected chi connectivity index (χ3v) is 5.97. The molecule has 0 aromatic carbocycles. The molecule has 132 valence electrons. The molecule has 25 heavy (non-hydrogen) atoms. The van der Waals surface area contributed by atoms with Crippen LogP contribution >= 0.6 is 11.3 Å². The number of amides is 1. The van der Waals surface area contributed by atoms with Gasteiger partial charge in [0.15, 0.2) is 0 Å². The molecule has 2 saturated heterocycles. The first kappa shape index (κ1) is 16.7. The second kappa shape index (κ2) is 7.64.